The number of hydrogen-bond donors (Lipinski definition) is 1. The number of amides is 1. The normalized spacial score (nSPS) is 12.5. The summed E-state index contributed by atoms with van der Waals surface area (Å²) in [6.45, 7) is 2.41. The second kappa shape index (κ2) is 8.00. The van der Waals surface area contributed by atoms with E-state index in [9.17, 15) is 18.0 Å². The number of hydrogen-bond acceptors (Lipinski definition) is 3. The Bertz CT molecular complexity index is 698. The second-order valence-electron chi connectivity index (χ2n) is 5.57. The average molecular weight is 352 g/mol. The number of carbonyl (C=O) groups is 1. The van der Waals surface area contributed by atoms with Gasteiger partial charge >= 0.3 is 6.18 Å². The van der Waals surface area contributed by atoms with Crippen LogP contribution >= 0.6 is 0 Å². The van der Waals surface area contributed by atoms with Crippen molar-refractivity contribution in [1.29, 1.82) is 0 Å². The Labute approximate surface area is 144 Å². The van der Waals surface area contributed by atoms with Gasteiger partial charge < -0.3 is 10.1 Å². The summed E-state index contributed by atoms with van der Waals surface area (Å²) in [5, 5.41) is 2.80. The van der Waals surface area contributed by atoms with E-state index < -0.39 is 18.8 Å². The van der Waals surface area contributed by atoms with E-state index in [-0.39, 0.29) is 11.7 Å². The topological polar surface area (TPSA) is 51.2 Å². The van der Waals surface area contributed by atoms with Crippen LogP contribution in [0.15, 0.2) is 42.6 Å². The Balaban J connectivity index is 1.95. The smallest absolute Gasteiger partial charge is 0.422 e. The van der Waals surface area contributed by atoms with Crippen molar-refractivity contribution in [1.82, 2.24) is 10.3 Å². The van der Waals surface area contributed by atoms with Crippen LogP contribution in [0, 0.1) is 0 Å². The molecule has 25 heavy (non-hydrogen) atoms. The summed E-state index contributed by atoms with van der Waals surface area (Å²) < 4.78 is 40.9. The van der Waals surface area contributed by atoms with Gasteiger partial charge in [0.15, 0.2) is 6.61 Å². The fourth-order valence-corrected chi connectivity index (χ4v) is 2.14. The van der Waals surface area contributed by atoms with Gasteiger partial charge in [-0.05, 0) is 43.2 Å². The van der Waals surface area contributed by atoms with E-state index in [1.807, 2.05) is 19.1 Å². The molecule has 0 aliphatic heterocycles. The number of nitrogens with zero attached hydrogens (tertiary/aromatic N) is 1. The molecule has 0 aliphatic rings. The Morgan fingerprint density at radius 1 is 1.20 bits per heavy atom. The maximum absolute atomic E-state index is 12.2. The van der Waals surface area contributed by atoms with Crippen molar-refractivity contribution < 1.29 is 22.7 Å². The molecule has 1 N–H and O–H groups in total. The summed E-state index contributed by atoms with van der Waals surface area (Å²) in [4.78, 5) is 16.3. The lowest BCUT2D eigenvalue weighted by molar-refractivity contribution is -0.153. The fraction of sp³-hybridized carbons (Fsp3) is 0.333. The van der Waals surface area contributed by atoms with Gasteiger partial charge in [0.1, 0.15) is 5.75 Å². The van der Waals surface area contributed by atoms with Crippen LogP contribution < -0.4 is 10.1 Å². The number of aromatic nitrogens is 1. The van der Waals surface area contributed by atoms with E-state index in [0.717, 1.165) is 12.0 Å². The van der Waals surface area contributed by atoms with Crippen molar-refractivity contribution >= 4 is 5.91 Å². The summed E-state index contributed by atoms with van der Waals surface area (Å²) in [6.07, 6.45) is -2.29. The first-order valence-corrected chi connectivity index (χ1v) is 7.84. The highest BCUT2D eigenvalue weighted by Gasteiger charge is 2.28. The molecule has 0 spiro atoms. The molecule has 1 aromatic heterocycles. The number of aryl methyl sites for hydroxylation is 1. The Morgan fingerprint density at radius 2 is 1.88 bits per heavy atom. The van der Waals surface area contributed by atoms with Gasteiger partial charge in [0.25, 0.3) is 5.91 Å². The van der Waals surface area contributed by atoms with Crippen molar-refractivity contribution in [2.75, 3.05) is 6.61 Å². The molecule has 0 aliphatic carbocycles. The summed E-state index contributed by atoms with van der Waals surface area (Å²) >= 11 is 0. The van der Waals surface area contributed by atoms with Crippen LogP contribution in [-0.2, 0) is 6.42 Å². The summed E-state index contributed by atoms with van der Waals surface area (Å²) in [6, 6.07) is 9.82. The van der Waals surface area contributed by atoms with Crippen molar-refractivity contribution in [3.05, 3.63) is 59.4 Å². The van der Waals surface area contributed by atoms with Gasteiger partial charge in [-0.2, -0.15) is 13.2 Å². The largest absolute Gasteiger partial charge is 0.483 e. The lowest BCUT2D eigenvalue weighted by Crippen LogP contribution is -2.27. The van der Waals surface area contributed by atoms with Gasteiger partial charge in [-0.1, -0.05) is 19.1 Å². The zero-order valence-electron chi connectivity index (χ0n) is 13.9. The van der Waals surface area contributed by atoms with Gasteiger partial charge in [0, 0.05) is 5.56 Å². The first-order chi connectivity index (χ1) is 11.8. The minimum absolute atomic E-state index is 0.0229. The van der Waals surface area contributed by atoms with E-state index in [0.29, 0.717) is 11.3 Å². The third-order valence-electron chi connectivity index (χ3n) is 3.58. The predicted molar refractivity (Wildman–Crippen MR) is 87.5 cm³/mol. The van der Waals surface area contributed by atoms with E-state index >= 15 is 0 Å². The van der Waals surface area contributed by atoms with Crippen molar-refractivity contribution in [3.63, 3.8) is 0 Å². The fourth-order valence-electron chi connectivity index (χ4n) is 2.14. The van der Waals surface area contributed by atoms with Crippen LogP contribution in [-0.4, -0.2) is 23.7 Å². The maximum Gasteiger partial charge on any atom is 0.422 e. The molecule has 1 unspecified atom stereocenters. The van der Waals surface area contributed by atoms with Gasteiger partial charge in [-0.25, -0.2) is 0 Å². The van der Waals surface area contributed by atoms with Crippen LogP contribution in [0.3, 0.4) is 0 Å². The number of benzene rings is 1. The molecule has 0 fully saturated rings. The number of nitrogens with one attached hydrogen (secondary N) is 1. The summed E-state index contributed by atoms with van der Waals surface area (Å²) in [7, 11) is 0. The van der Waals surface area contributed by atoms with Crippen molar-refractivity contribution in [3.8, 4) is 5.75 Å². The molecule has 1 amide bonds. The Kier molecular flexibility index (Phi) is 6.01. The van der Waals surface area contributed by atoms with Gasteiger partial charge in [0.05, 0.1) is 17.9 Å². The Hall–Kier alpha value is -2.57. The predicted octanol–water partition coefficient (Wildman–Crippen LogP) is 4.08. The highest BCUT2D eigenvalue weighted by atomic mass is 19.4. The first kappa shape index (κ1) is 18.8. The monoisotopic (exact) mass is 352 g/mol. The zero-order valence-corrected chi connectivity index (χ0v) is 13.9. The number of carbonyl (C=O) groups excluding carboxylic acids is 1. The molecule has 1 atom stereocenters. The minimum Gasteiger partial charge on any atom is -0.483 e. The summed E-state index contributed by atoms with van der Waals surface area (Å²) in [5.41, 5.74) is 2.20. The lowest BCUT2D eigenvalue weighted by atomic mass is 10.1. The summed E-state index contributed by atoms with van der Waals surface area (Å²) in [5.74, 6) is -0.218. The molecule has 2 rings (SSSR count). The highest BCUT2D eigenvalue weighted by molar-refractivity contribution is 5.94. The van der Waals surface area contributed by atoms with Crippen LogP contribution in [0.4, 0.5) is 13.2 Å². The molecule has 0 saturated carbocycles. The highest BCUT2D eigenvalue weighted by Crippen LogP contribution is 2.19. The molecule has 134 valence electrons. The molecular weight excluding hydrogens is 333 g/mol. The third kappa shape index (κ3) is 5.77. The molecule has 4 nitrogen and oxygen atoms in total. The second-order valence-corrected chi connectivity index (χ2v) is 5.57. The van der Waals surface area contributed by atoms with E-state index in [1.54, 1.807) is 19.1 Å². The van der Waals surface area contributed by atoms with E-state index in [2.05, 4.69) is 15.0 Å². The molecule has 0 bridgehead atoms. The SMILES string of the molecule is CCc1ccc(C(=O)NC(C)c2ccc(OCC(F)(F)F)cn2)cc1. The van der Waals surface area contributed by atoms with Gasteiger partial charge in [-0.15, -0.1) is 0 Å². The van der Waals surface area contributed by atoms with Crippen molar-refractivity contribution in [2.24, 2.45) is 0 Å². The van der Waals surface area contributed by atoms with Gasteiger partial charge in [0.2, 0.25) is 0 Å². The molecule has 0 saturated heterocycles. The van der Waals surface area contributed by atoms with Crippen LogP contribution in [0.1, 0.15) is 41.5 Å². The van der Waals surface area contributed by atoms with E-state index in [4.69, 9.17) is 0 Å². The average Bonchev–Trinajstić information content (AvgIpc) is 2.59. The number of alkyl halides is 3. The van der Waals surface area contributed by atoms with Gasteiger partial charge in [-0.3, -0.25) is 9.78 Å². The zero-order chi connectivity index (χ0) is 18.4. The first-order valence-electron chi connectivity index (χ1n) is 7.84. The molecule has 2 aromatic rings. The standard InChI is InChI=1S/C18H19F3N2O2/c1-3-13-4-6-14(7-5-13)17(24)23-12(2)16-9-8-15(10-22-16)25-11-18(19,20)21/h4-10,12H,3,11H2,1-2H3,(H,23,24). The lowest BCUT2D eigenvalue weighted by Gasteiger charge is -2.14. The molecule has 1 heterocycles. The molecular formula is C18H19F3N2O2. The quantitative estimate of drug-likeness (QED) is 0.852. The van der Waals surface area contributed by atoms with Crippen LogP contribution in [0.25, 0.3) is 0 Å². The van der Waals surface area contributed by atoms with E-state index in [1.165, 1.54) is 18.3 Å². The number of halogens is 3. The molecule has 1 aromatic carbocycles. The van der Waals surface area contributed by atoms with Crippen LogP contribution in [0.2, 0.25) is 0 Å². The number of pyridine rings is 1. The maximum atomic E-state index is 12.2. The number of rotatable bonds is 6. The Morgan fingerprint density at radius 3 is 2.40 bits per heavy atom. The molecule has 0 radical (unpaired) electrons. The minimum atomic E-state index is -4.40. The number of ether oxygens (including phenoxy) is 1. The van der Waals surface area contributed by atoms with Crippen molar-refractivity contribution in [2.45, 2.75) is 32.5 Å². The van der Waals surface area contributed by atoms with Crippen LogP contribution in [0.5, 0.6) is 5.75 Å². The molecule has 7 heteroatoms. The third-order valence-corrected chi connectivity index (χ3v) is 3.58.